The van der Waals surface area contributed by atoms with Crippen LogP contribution in [-0.2, 0) is 9.53 Å². The quantitative estimate of drug-likeness (QED) is 0.320. The maximum atomic E-state index is 12.4. The molecule has 0 bridgehead atoms. The van der Waals surface area contributed by atoms with Crippen LogP contribution >= 0.6 is 0 Å². The van der Waals surface area contributed by atoms with Gasteiger partial charge in [-0.2, -0.15) is 0 Å². The van der Waals surface area contributed by atoms with Gasteiger partial charge in [0.15, 0.2) is 6.61 Å². The number of benzene rings is 3. The zero-order valence-corrected chi connectivity index (χ0v) is 16.1. The number of amides is 1. The Labute approximate surface area is 173 Å². The molecule has 30 heavy (non-hydrogen) atoms. The van der Waals surface area contributed by atoms with Gasteiger partial charge < -0.3 is 24.6 Å². The maximum Gasteiger partial charge on any atom is 0.342 e. The van der Waals surface area contributed by atoms with Gasteiger partial charge in [-0.1, -0.05) is 30.3 Å². The fourth-order valence-corrected chi connectivity index (χ4v) is 2.54. The molecule has 154 valence electrons. The number of phenolic OH excluding ortho intramolecular Hbond substituents is 1. The molecule has 0 aromatic heterocycles. The van der Waals surface area contributed by atoms with Crippen LogP contribution in [0.15, 0.2) is 78.9 Å². The van der Waals surface area contributed by atoms with Crippen molar-refractivity contribution in [1.82, 2.24) is 0 Å². The van der Waals surface area contributed by atoms with Gasteiger partial charge in [0.05, 0.1) is 0 Å². The summed E-state index contributed by atoms with van der Waals surface area (Å²) in [5, 5.41) is 11.8. The van der Waals surface area contributed by atoms with Gasteiger partial charge in [0.25, 0.3) is 5.91 Å². The minimum absolute atomic E-state index is 0.0882. The Bertz CT molecular complexity index is 972. The molecule has 1 amide bonds. The van der Waals surface area contributed by atoms with Crippen molar-refractivity contribution in [3.63, 3.8) is 0 Å². The van der Waals surface area contributed by atoms with Crippen molar-refractivity contribution in [3.8, 4) is 17.2 Å². The van der Waals surface area contributed by atoms with Crippen LogP contribution in [0.4, 0.5) is 5.69 Å². The number of ether oxygens (including phenoxy) is 3. The van der Waals surface area contributed by atoms with Crippen molar-refractivity contribution >= 4 is 17.6 Å². The van der Waals surface area contributed by atoms with E-state index < -0.39 is 18.5 Å². The number of hydrogen-bond acceptors (Lipinski definition) is 6. The third-order valence-electron chi connectivity index (χ3n) is 3.95. The molecule has 2 N–H and O–H groups in total. The van der Waals surface area contributed by atoms with E-state index in [9.17, 15) is 14.7 Å². The summed E-state index contributed by atoms with van der Waals surface area (Å²) >= 11 is 0. The first kappa shape index (κ1) is 20.7. The van der Waals surface area contributed by atoms with Crippen LogP contribution in [0.5, 0.6) is 17.2 Å². The predicted octanol–water partition coefficient (Wildman–Crippen LogP) is 3.65. The molecular weight excluding hydrogens is 386 g/mol. The van der Waals surface area contributed by atoms with E-state index in [1.807, 2.05) is 30.3 Å². The van der Waals surface area contributed by atoms with Gasteiger partial charge in [0.2, 0.25) is 0 Å². The smallest absolute Gasteiger partial charge is 0.342 e. The maximum absolute atomic E-state index is 12.4. The van der Waals surface area contributed by atoms with Crippen LogP contribution in [0.2, 0.25) is 0 Å². The number of para-hydroxylation sites is 2. The van der Waals surface area contributed by atoms with Crippen molar-refractivity contribution in [3.05, 3.63) is 84.4 Å². The second-order valence-electron chi connectivity index (χ2n) is 6.18. The monoisotopic (exact) mass is 407 g/mol. The lowest BCUT2D eigenvalue weighted by Crippen LogP contribution is -2.21. The average Bonchev–Trinajstić information content (AvgIpc) is 2.78. The van der Waals surface area contributed by atoms with E-state index in [1.54, 1.807) is 24.3 Å². The first-order valence-corrected chi connectivity index (χ1v) is 9.27. The minimum atomic E-state index is -0.671. The molecule has 0 fully saturated rings. The van der Waals surface area contributed by atoms with E-state index >= 15 is 0 Å². The van der Waals surface area contributed by atoms with Crippen molar-refractivity contribution in [2.45, 2.75) is 0 Å². The molecule has 0 heterocycles. The summed E-state index contributed by atoms with van der Waals surface area (Å²) in [5.74, 6) is -0.00382. The molecule has 7 heteroatoms. The summed E-state index contributed by atoms with van der Waals surface area (Å²) in [5.41, 5.74) is 0.700. The molecule has 0 aliphatic rings. The molecule has 0 aliphatic heterocycles. The second kappa shape index (κ2) is 10.5. The Morgan fingerprint density at radius 3 is 2.23 bits per heavy atom. The fourth-order valence-electron chi connectivity index (χ4n) is 2.54. The Morgan fingerprint density at radius 2 is 1.47 bits per heavy atom. The van der Waals surface area contributed by atoms with Crippen LogP contribution in [0.3, 0.4) is 0 Å². The summed E-state index contributed by atoms with van der Waals surface area (Å²) < 4.78 is 16.3. The van der Waals surface area contributed by atoms with Gasteiger partial charge in [-0.25, -0.2) is 4.79 Å². The lowest BCUT2D eigenvalue weighted by molar-refractivity contribution is -0.119. The number of esters is 1. The number of nitrogens with one attached hydrogen (secondary N) is 1. The zero-order chi connectivity index (χ0) is 21.2. The Kier molecular flexibility index (Phi) is 7.27. The number of aromatic hydroxyl groups is 1. The van der Waals surface area contributed by atoms with Crippen molar-refractivity contribution in [2.75, 3.05) is 25.1 Å². The van der Waals surface area contributed by atoms with Crippen molar-refractivity contribution in [2.24, 2.45) is 0 Å². The number of carbonyl (C=O) groups is 2. The van der Waals surface area contributed by atoms with Gasteiger partial charge >= 0.3 is 5.97 Å². The summed E-state index contributed by atoms with van der Waals surface area (Å²) in [6.07, 6.45) is 0. The van der Waals surface area contributed by atoms with E-state index in [0.717, 1.165) is 5.75 Å². The Morgan fingerprint density at radius 1 is 0.800 bits per heavy atom. The molecule has 7 nitrogen and oxygen atoms in total. The molecule has 0 saturated heterocycles. The molecule has 0 radical (unpaired) electrons. The molecule has 0 atom stereocenters. The summed E-state index contributed by atoms with van der Waals surface area (Å²) in [7, 11) is 0. The second-order valence-corrected chi connectivity index (χ2v) is 6.18. The largest absolute Gasteiger partial charge is 0.508 e. The average molecular weight is 407 g/mol. The molecule has 0 aliphatic carbocycles. The van der Waals surface area contributed by atoms with Gasteiger partial charge in [-0.05, 0) is 48.5 Å². The van der Waals surface area contributed by atoms with E-state index in [4.69, 9.17) is 14.2 Å². The fraction of sp³-hybridized carbons (Fsp3) is 0.130. The Balaban J connectivity index is 1.48. The predicted molar refractivity (Wildman–Crippen MR) is 111 cm³/mol. The summed E-state index contributed by atoms with van der Waals surface area (Å²) in [6.45, 7) is 0.0914. The lowest BCUT2D eigenvalue weighted by Gasteiger charge is -2.12. The highest BCUT2D eigenvalue weighted by atomic mass is 16.5. The zero-order valence-electron chi connectivity index (χ0n) is 16.1. The number of anilines is 1. The van der Waals surface area contributed by atoms with E-state index in [-0.39, 0.29) is 17.9 Å². The molecule has 3 aromatic rings. The van der Waals surface area contributed by atoms with Gasteiger partial charge in [-0.15, -0.1) is 0 Å². The summed E-state index contributed by atoms with van der Waals surface area (Å²) in [6, 6.07) is 21.9. The number of carbonyl (C=O) groups excluding carboxylic acids is 2. The van der Waals surface area contributed by atoms with E-state index in [0.29, 0.717) is 18.0 Å². The molecule has 0 unspecified atom stereocenters. The molecule has 0 saturated carbocycles. The molecular formula is C23H21NO6. The molecule has 0 spiro atoms. The number of phenols is 1. The van der Waals surface area contributed by atoms with E-state index in [2.05, 4.69) is 5.32 Å². The van der Waals surface area contributed by atoms with Crippen molar-refractivity contribution in [1.29, 1.82) is 0 Å². The van der Waals surface area contributed by atoms with Crippen LogP contribution < -0.4 is 14.8 Å². The number of hydrogen-bond donors (Lipinski definition) is 2. The molecule has 3 rings (SSSR count). The van der Waals surface area contributed by atoms with Crippen LogP contribution in [-0.4, -0.2) is 36.8 Å². The Hall–Kier alpha value is -4.00. The van der Waals surface area contributed by atoms with E-state index in [1.165, 1.54) is 24.3 Å². The van der Waals surface area contributed by atoms with Crippen molar-refractivity contribution < 1.29 is 28.9 Å². The van der Waals surface area contributed by atoms with Crippen LogP contribution in [0, 0.1) is 0 Å². The highest BCUT2D eigenvalue weighted by Gasteiger charge is 2.15. The highest BCUT2D eigenvalue weighted by Crippen LogP contribution is 2.19. The summed E-state index contributed by atoms with van der Waals surface area (Å²) in [4.78, 5) is 24.3. The SMILES string of the molecule is O=C(COC(=O)c1ccccc1OCCOc1ccccc1)Nc1ccc(O)cc1. The van der Waals surface area contributed by atoms with Crippen LogP contribution in [0.25, 0.3) is 0 Å². The normalized spacial score (nSPS) is 10.1. The lowest BCUT2D eigenvalue weighted by atomic mass is 10.2. The topological polar surface area (TPSA) is 94.1 Å². The highest BCUT2D eigenvalue weighted by molar-refractivity contribution is 5.96. The first-order chi connectivity index (χ1) is 14.6. The first-order valence-electron chi connectivity index (χ1n) is 9.27. The van der Waals surface area contributed by atoms with Crippen LogP contribution in [0.1, 0.15) is 10.4 Å². The third-order valence-corrected chi connectivity index (χ3v) is 3.95. The third kappa shape index (κ3) is 6.27. The van der Waals surface area contributed by atoms with Gasteiger partial charge in [0, 0.05) is 5.69 Å². The molecule has 3 aromatic carbocycles. The minimum Gasteiger partial charge on any atom is -0.508 e. The number of rotatable bonds is 9. The standard InChI is InChI=1S/C23H21NO6/c25-18-12-10-17(11-13-18)24-22(26)16-30-23(27)20-8-4-5-9-21(20)29-15-14-28-19-6-2-1-3-7-19/h1-13,25H,14-16H2,(H,24,26). The van der Waals surface area contributed by atoms with Gasteiger partial charge in [0.1, 0.15) is 36.0 Å². The van der Waals surface area contributed by atoms with Gasteiger partial charge in [-0.3, -0.25) is 4.79 Å².